The fourth-order valence-electron chi connectivity index (χ4n) is 2.22. The number of hydrogen-bond donors (Lipinski definition) is 3. The molecule has 0 atom stereocenters. The summed E-state index contributed by atoms with van der Waals surface area (Å²) in [5, 5.41) is 23.3. The lowest BCUT2D eigenvalue weighted by atomic mass is 10.1. The number of carboxylic acid groups (broad SMARTS) is 1. The minimum Gasteiger partial charge on any atom is -0.506 e. The van der Waals surface area contributed by atoms with E-state index < -0.39 is 5.97 Å². The van der Waals surface area contributed by atoms with Gasteiger partial charge in [-0.05, 0) is 24.3 Å². The highest BCUT2D eigenvalue weighted by molar-refractivity contribution is 6.45. The zero-order valence-corrected chi connectivity index (χ0v) is 14.3. The van der Waals surface area contributed by atoms with E-state index in [1.165, 1.54) is 12.3 Å². The molecule has 0 fully saturated rings. The zero-order chi connectivity index (χ0) is 16.6. The van der Waals surface area contributed by atoms with E-state index in [0.717, 1.165) is 0 Å². The van der Waals surface area contributed by atoms with Gasteiger partial charge in [0.1, 0.15) is 11.3 Å². The molecule has 3 N–H and O–H groups in total. The minimum atomic E-state index is -1.15. The number of para-hydroxylation sites is 2. The Kier molecular flexibility index (Phi) is 5.39. The number of carboxylic acids is 1. The second kappa shape index (κ2) is 7.13. The molecular formula is C16H11Cl3N2O3. The molecule has 0 saturated carbocycles. The molecule has 0 amide bonds. The highest BCUT2D eigenvalue weighted by Gasteiger charge is 2.18. The van der Waals surface area contributed by atoms with Crippen molar-refractivity contribution in [3.8, 4) is 5.75 Å². The third-order valence-corrected chi connectivity index (χ3v) is 4.12. The quantitative estimate of drug-likeness (QED) is 0.546. The van der Waals surface area contributed by atoms with Gasteiger partial charge in [-0.1, -0.05) is 35.3 Å². The van der Waals surface area contributed by atoms with Crippen LogP contribution in [-0.2, 0) is 0 Å². The topological polar surface area (TPSA) is 82.5 Å². The van der Waals surface area contributed by atoms with Crippen LogP contribution in [0.4, 0.5) is 11.4 Å². The fraction of sp³-hybridized carbons (Fsp3) is 0. The molecule has 0 spiro atoms. The summed E-state index contributed by atoms with van der Waals surface area (Å²) < 4.78 is 0. The van der Waals surface area contributed by atoms with E-state index in [9.17, 15) is 15.0 Å². The zero-order valence-electron chi connectivity index (χ0n) is 12.0. The first kappa shape index (κ1) is 18.1. The van der Waals surface area contributed by atoms with E-state index in [4.69, 9.17) is 23.2 Å². The number of phenols is 1. The molecule has 0 aliphatic heterocycles. The Bertz CT molecular complexity index is 932. The molecule has 8 heteroatoms. The Morgan fingerprint density at radius 3 is 2.50 bits per heavy atom. The lowest BCUT2D eigenvalue weighted by molar-refractivity contribution is 0.0697. The van der Waals surface area contributed by atoms with Crippen molar-refractivity contribution in [2.75, 3.05) is 5.32 Å². The van der Waals surface area contributed by atoms with Gasteiger partial charge in [0.2, 0.25) is 0 Å². The van der Waals surface area contributed by atoms with Gasteiger partial charge in [0.05, 0.1) is 26.9 Å². The van der Waals surface area contributed by atoms with Gasteiger partial charge < -0.3 is 15.5 Å². The summed E-state index contributed by atoms with van der Waals surface area (Å²) in [7, 11) is 0. The number of anilines is 2. The second-order valence-corrected chi connectivity index (χ2v) is 5.54. The van der Waals surface area contributed by atoms with Crippen LogP contribution in [0.15, 0.2) is 42.6 Å². The number of benzene rings is 2. The third-order valence-electron chi connectivity index (χ3n) is 3.32. The van der Waals surface area contributed by atoms with Crippen LogP contribution in [0.25, 0.3) is 10.9 Å². The van der Waals surface area contributed by atoms with Crippen LogP contribution in [-0.4, -0.2) is 21.2 Å². The van der Waals surface area contributed by atoms with Crippen LogP contribution >= 0.6 is 35.6 Å². The number of aromatic nitrogens is 1. The summed E-state index contributed by atoms with van der Waals surface area (Å²) >= 11 is 12.1. The van der Waals surface area contributed by atoms with Gasteiger partial charge in [-0.2, -0.15) is 0 Å². The SMILES string of the molecule is Cl.O=C(O)c1cnc2c(Cl)c(Cl)ccc2c1Nc1ccccc1O. The maximum atomic E-state index is 11.5. The van der Waals surface area contributed by atoms with Crippen molar-refractivity contribution in [3.63, 3.8) is 0 Å². The van der Waals surface area contributed by atoms with Crippen LogP contribution in [0.2, 0.25) is 10.0 Å². The van der Waals surface area contributed by atoms with E-state index in [1.54, 1.807) is 30.3 Å². The van der Waals surface area contributed by atoms with E-state index in [0.29, 0.717) is 21.6 Å². The number of halogens is 3. The van der Waals surface area contributed by atoms with Crippen molar-refractivity contribution in [3.05, 3.63) is 58.2 Å². The number of phenolic OH excluding ortho intramolecular Hbond substituents is 1. The number of rotatable bonds is 3. The maximum Gasteiger partial charge on any atom is 0.339 e. The number of aromatic hydroxyl groups is 1. The van der Waals surface area contributed by atoms with Crippen molar-refractivity contribution in [1.82, 2.24) is 4.98 Å². The smallest absolute Gasteiger partial charge is 0.339 e. The molecule has 0 aliphatic rings. The van der Waals surface area contributed by atoms with Gasteiger partial charge in [0, 0.05) is 11.6 Å². The van der Waals surface area contributed by atoms with Crippen molar-refractivity contribution in [2.24, 2.45) is 0 Å². The fourth-order valence-corrected chi connectivity index (χ4v) is 2.58. The molecule has 0 saturated heterocycles. The summed E-state index contributed by atoms with van der Waals surface area (Å²) in [4.78, 5) is 15.6. The van der Waals surface area contributed by atoms with Crippen LogP contribution in [0.1, 0.15) is 10.4 Å². The Labute approximate surface area is 153 Å². The van der Waals surface area contributed by atoms with Crippen LogP contribution in [0, 0.1) is 0 Å². The number of carbonyl (C=O) groups is 1. The van der Waals surface area contributed by atoms with E-state index in [2.05, 4.69) is 10.3 Å². The first-order chi connectivity index (χ1) is 11.0. The van der Waals surface area contributed by atoms with E-state index in [1.807, 2.05) is 0 Å². The van der Waals surface area contributed by atoms with Crippen LogP contribution in [0.3, 0.4) is 0 Å². The van der Waals surface area contributed by atoms with Gasteiger partial charge in [0.25, 0.3) is 0 Å². The normalized spacial score (nSPS) is 10.2. The summed E-state index contributed by atoms with van der Waals surface area (Å²) in [5.74, 6) is -1.16. The Morgan fingerprint density at radius 1 is 1.12 bits per heavy atom. The number of pyridine rings is 1. The van der Waals surface area contributed by atoms with Crippen molar-refractivity contribution in [2.45, 2.75) is 0 Å². The number of nitrogens with zero attached hydrogens (tertiary/aromatic N) is 1. The average molecular weight is 386 g/mol. The third kappa shape index (κ3) is 3.19. The monoisotopic (exact) mass is 384 g/mol. The average Bonchev–Trinajstić information content (AvgIpc) is 2.53. The molecular weight excluding hydrogens is 375 g/mol. The number of fused-ring (bicyclic) bond motifs is 1. The highest BCUT2D eigenvalue weighted by Crippen LogP contribution is 2.37. The standard InChI is InChI=1S/C16H10Cl2N2O3.ClH/c17-10-6-5-8-14(20-11-3-1-2-4-12(11)21)9(16(22)23)7-19-15(8)13(10)18;/h1-7,21H,(H,19,20)(H,22,23);1H. The first-order valence-electron chi connectivity index (χ1n) is 6.54. The molecule has 3 aromatic rings. The van der Waals surface area contributed by atoms with Crippen molar-refractivity contribution in [1.29, 1.82) is 0 Å². The Balaban J connectivity index is 0.00000208. The largest absolute Gasteiger partial charge is 0.506 e. The Hall–Kier alpha value is -2.21. The molecule has 3 rings (SSSR count). The second-order valence-electron chi connectivity index (χ2n) is 4.75. The number of nitrogens with one attached hydrogen (secondary N) is 1. The van der Waals surface area contributed by atoms with Gasteiger partial charge in [-0.3, -0.25) is 4.98 Å². The molecule has 1 heterocycles. The van der Waals surface area contributed by atoms with E-state index in [-0.39, 0.29) is 34.4 Å². The summed E-state index contributed by atoms with van der Waals surface area (Å²) in [6.45, 7) is 0. The van der Waals surface area contributed by atoms with Gasteiger partial charge in [0.15, 0.2) is 0 Å². The molecule has 0 bridgehead atoms. The lowest BCUT2D eigenvalue weighted by Crippen LogP contribution is -2.05. The number of hydrogen-bond acceptors (Lipinski definition) is 4. The van der Waals surface area contributed by atoms with Crippen LogP contribution in [0.5, 0.6) is 5.75 Å². The lowest BCUT2D eigenvalue weighted by Gasteiger charge is -2.14. The summed E-state index contributed by atoms with van der Waals surface area (Å²) in [5.41, 5.74) is 0.984. The molecule has 1 aromatic heterocycles. The Morgan fingerprint density at radius 2 is 1.83 bits per heavy atom. The van der Waals surface area contributed by atoms with Gasteiger partial charge >= 0.3 is 5.97 Å². The first-order valence-corrected chi connectivity index (χ1v) is 7.29. The molecule has 0 unspecified atom stereocenters. The van der Waals surface area contributed by atoms with Crippen molar-refractivity contribution < 1.29 is 15.0 Å². The molecule has 0 aliphatic carbocycles. The summed E-state index contributed by atoms with van der Waals surface area (Å²) in [6.07, 6.45) is 1.20. The molecule has 2 aromatic carbocycles. The molecule has 0 radical (unpaired) electrons. The summed E-state index contributed by atoms with van der Waals surface area (Å²) in [6, 6.07) is 9.71. The number of aromatic carboxylic acids is 1. The predicted octanol–water partition coefficient (Wildman–Crippen LogP) is 5.11. The van der Waals surface area contributed by atoms with Crippen LogP contribution < -0.4 is 5.32 Å². The minimum absolute atomic E-state index is 0. The molecule has 124 valence electrons. The van der Waals surface area contributed by atoms with Gasteiger partial charge in [-0.15, -0.1) is 12.4 Å². The van der Waals surface area contributed by atoms with Crippen molar-refractivity contribution >= 4 is 63.9 Å². The maximum absolute atomic E-state index is 11.5. The van der Waals surface area contributed by atoms with E-state index >= 15 is 0 Å². The highest BCUT2D eigenvalue weighted by atomic mass is 35.5. The van der Waals surface area contributed by atoms with Gasteiger partial charge in [-0.25, -0.2) is 4.79 Å². The molecule has 5 nitrogen and oxygen atoms in total. The molecule has 24 heavy (non-hydrogen) atoms. The predicted molar refractivity (Wildman–Crippen MR) is 97.4 cm³/mol.